The van der Waals surface area contributed by atoms with Crippen molar-refractivity contribution >= 4 is 17.7 Å². The van der Waals surface area contributed by atoms with Gasteiger partial charge in [-0.05, 0) is 69.8 Å². The number of amides is 1. The maximum atomic E-state index is 12.7. The number of aromatic carboxylic acids is 1. The summed E-state index contributed by atoms with van der Waals surface area (Å²) in [7, 11) is 2.16. The SMILES string of the molecule is Cc1cc(CN(C)C2(C)CCN(C(=O)n3ccc(C(=O)O)n3)CC2)ccc1N1CCCC1. The first kappa shape index (κ1) is 22.3. The molecule has 0 bridgehead atoms. The summed E-state index contributed by atoms with van der Waals surface area (Å²) in [5.41, 5.74) is 3.88. The highest BCUT2D eigenvalue weighted by molar-refractivity contribution is 5.86. The molecule has 0 atom stereocenters. The number of rotatable bonds is 5. The lowest BCUT2D eigenvalue weighted by Crippen LogP contribution is -2.53. The van der Waals surface area contributed by atoms with Crippen LogP contribution in [0.5, 0.6) is 0 Å². The van der Waals surface area contributed by atoms with Crippen LogP contribution in [-0.2, 0) is 6.54 Å². The van der Waals surface area contributed by atoms with Crippen LogP contribution in [0, 0.1) is 6.92 Å². The first-order chi connectivity index (χ1) is 15.3. The average Bonchev–Trinajstić information content (AvgIpc) is 3.46. The number of nitrogens with zero attached hydrogens (tertiary/aromatic N) is 5. The molecule has 8 nitrogen and oxygen atoms in total. The number of hydrogen-bond donors (Lipinski definition) is 1. The van der Waals surface area contributed by atoms with Crippen molar-refractivity contribution in [3.8, 4) is 0 Å². The van der Waals surface area contributed by atoms with Gasteiger partial charge < -0.3 is 14.9 Å². The molecule has 0 radical (unpaired) electrons. The van der Waals surface area contributed by atoms with E-state index in [4.69, 9.17) is 5.11 Å². The van der Waals surface area contributed by atoms with Crippen LogP contribution in [0.15, 0.2) is 30.5 Å². The maximum Gasteiger partial charge on any atom is 0.356 e. The minimum Gasteiger partial charge on any atom is -0.476 e. The number of carboxylic acid groups (broad SMARTS) is 1. The summed E-state index contributed by atoms with van der Waals surface area (Å²) >= 11 is 0. The van der Waals surface area contributed by atoms with Gasteiger partial charge in [0.15, 0.2) is 5.69 Å². The van der Waals surface area contributed by atoms with Gasteiger partial charge in [-0.15, -0.1) is 0 Å². The quantitative estimate of drug-likeness (QED) is 0.769. The average molecular weight is 440 g/mol. The van der Waals surface area contributed by atoms with Gasteiger partial charge in [-0.3, -0.25) is 4.90 Å². The van der Waals surface area contributed by atoms with Gasteiger partial charge in [0.1, 0.15) is 0 Å². The number of carbonyl (C=O) groups is 2. The van der Waals surface area contributed by atoms with E-state index in [1.807, 2.05) is 0 Å². The van der Waals surface area contributed by atoms with Crippen LogP contribution in [0.2, 0.25) is 0 Å². The van der Waals surface area contributed by atoms with Crippen molar-refractivity contribution in [2.75, 3.05) is 38.1 Å². The number of carbonyl (C=O) groups excluding carboxylic acids is 1. The Balaban J connectivity index is 1.35. The fourth-order valence-electron chi connectivity index (χ4n) is 4.84. The lowest BCUT2D eigenvalue weighted by molar-refractivity contribution is 0.0584. The lowest BCUT2D eigenvalue weighted by Gasteiger charge is -2.45. The number of aryl methyl sites for hydroxylation is 1. The number of hydrogen-bond acceptors (Lipinski definition) is 5. The summed E-state index contributed by atoms with van der Waals surface area (Å²) in [6.45, 7) is 8.88. The summed E-state index contributed by atoms with van der Waals surface area (Å²) in [4.78, 5) is 30.4. The molecule has 0 saturated carbocycles. The van der Waals surface area contributed by atoms with Gasteiger partial charge in [0.2, 0.25) is 0 Å². The van der Waals surface area contributed by atoms with Gasteiger partial charge in [-0.1, -0.05) is 12.1 Å². The van der Waals surface area contributed by atoms with Crippen molar-refractivity contribution in [1.82, 2.24) is 19.6 Å². The van der Waals surface area contributed by atoms with Gasteiger partial charge in [0.05, 0.1) is 0 Å². The lowest BCUT2D eigenvalue weighted by atomic mass is 9.87. The highest BCUT2D eigenvalue weighted by Crippen LogP contribution is 2.30. The highest BCUT2D eigenvalue weighted by Gasteiger charge is 2.35. The van der Waals surface area contributed by atoms with Crippen molar-refractivity contribution in [3.05, 3.63) is 47.3 Å². The van der Waals surface area contributed by atoms with E-state index < -0.39 is 5.97 Å². The summed E-state index contributed by atoms with van der Waals surface area (Å²) in [6.07, 6.45) is 5.69. The maximum absolute atomic E-state index is 12.7. The molecule has 0 aliphatic carbocycles. The molecule has 2 fully saturated rings. The Hall–Kier alpha value is -2.87. The first-order valence-electron chi connectivity index (χ1n) is 11.4. The smallest absolute Gasteiger partial charge is 0.356 e. The van der Waals surface area contributed by atoms with E-state index in [9.17, 15) is 9.59 Å². The van der Waals surface area contributed by atoms with Gasteiger partial charge in [0, 0.05) is 50.1 Å². The van der Waals surface area contributed by atoms with E-state index in [1.165, 1.54) is 41.9 Å². The van der Waals surface area contributed by atoms with Crippen LogP contribution in [0.25, 0.3) is 0 Å². The zero-order chi connectivity index (χ0) is 22.9. The number of likely N-dealkylation sites (tertiary alicyclic amines) is 1. The molecule has 3 heterocycles. The molecule has 1 aromatic carbocycles. The van der Waals surface area contributed by atoms with Crippen molar-refractivity contribution in [2.24, 2.45) is 0 Å². The van der Waals surface area contributed by atoms with E-state index in [1.54, 1.807) is 4.90 Å². The number of benzene rings is 1. The van der Waals surface area contributed by atoms with Crippen molar-refractivity contribution in [3.63, 3.8) is 0 Å². The van der Waals surface area contributed by atoms with Gasteiger partial charge >= 0.3 is 12.0 Å². The molecule has 4 rings (SSSR count). The van der Waals surface area contributed by atoms with E-state index in [0.29, 0.717) is 13.1 Å². The zero-order valence-electron chi connectivity index (χ0n) is 19.3. The van der Waals surface area contributed by atoms with Crippen LogP contribution < -0.4 is 4.90 Å². The second-order valence-corrected chi connectivity index (χ2v) is 9.39. The van der Waals surface area contributed by atoms with E-state index in [0.717, 1.165) is 37.2 Å². The minimum atomic E-state index is -1.13. The Morgan fingerprint density at radius 2 is 1.81 bits per heavy atom. The molecule has 8 heteroatoms. The van der Waals surface area contributed by atoms with E-state index in [-0.39, 0.29) is 17.3 Å². The predicted molar refractivity (Wildman–Crippen MR) is 123 cm³/mol. The third-order valence-electron chi connectivity index (χ3n) is 7.16. The Labute approximate surface area is 189 Å². The molecular weight excluding hydrogens is 406 g/mol. The Morgan fingerprint density at radius 1 is 1.12 bits per heavy atom. The summed E-state index contributed by atoms with van der Waals surface area (Å²) in [5, 5.41) is 12.9. The van der Waals surface area contributed by atoms with Crippen molar-refractivity contribution in [2.45, 2.75) is 51.6 Å². The molecule has 1 amide bonds. The van der Waals surface area contributed by atoms with Crippen molar-refractivity contribution in [1.29, 1.82) is 0 Å². The molecule has 32 heavy (non-hydrogen) atoms. The van der Waals surface area contributed by atoms with Crippen LogP contribution in [0.1, 0.15) is 54.2 Å². The first-order valence-corrected chi connectivity index (χ1v) is 11.4. The number of anilines is 1. The summed E-state index contributed by atoms with van der Waals surface area (Å²) in [5.74, 6) is -1.13. The van der Waals surface area contributed by atoms with Crippen molar-refractivity contribution < 1.29 is 14.7 Å². The molecule has 2 aliphatic rings. The van der Waals surface area contributed by atoms with Gasteiger partial charge in [-0.25, -0.2) is 9.59 Å². The van der Waals surface area contributed by atoms with Crippen LogP contribution >= 0.6 is 0 Å². The number of piperidine rings is 1. The van der Waals surface area contributed by atoms with Crippen LogP contribution in [-0.4, -0.2) is 75.5 Å². The third-order valence-corrected chi connectivity index (χ3v) is 7.16. The predicted octanol–water partition coefficient (Wildman–Crippen LogP) is 3.44. The molecule has 2 saturated heterocycles. The fraction of sp³-hybridized carbons (Fsp3) is 0.542. The summed E-state index contributed by atoms with van der Waals surface area (Å²) < 4.78 is 1.13. The molecule has 1 N–H and O–H groups in total. The molecule has 2 aliphatic heterocycles. The van der Waals surface area contributed by atoms with E-state index in [2.05, 4.69) is 54.0 Å². The summed E-state index contributed by atoms with van der Waals surface area (Å²) in [6, 6.07) is 7.90. The normalized spacial score (nSPS) is 18.4. The Kier molecular flexibility index (Phi) is 6.24. The van der Waals surface area contributed by atoms with E-state index >= 15 is 0 Å². The molecule has 172 valence electrons. The van der Waals surface area contributed by atoms with Crippen LogP contribution in [0.3, 0.4) is 0 Å². The minimum absolute atomic E-state index is 0.00531. The second-order valence-electron chi connectivity index (χ2n) is 9.39. The molecule has 2 aromatic rings. The molecule has 1 aromatic heterocycles. The van der Waals surface area contributed by atoms with Gasteiger partial charge in [0.25, 0.3) is 0 Å². The second kappa shape index (κ2) is 8.94. The van der Waals surface area contributed by atoms with Gasteiger partial charge in [-0.2, -0.15) is 9.78 Å². The topological polar surface area (TPSA) is 81.9 Å². The number of aromatic nitrogens is 2. The third kappa shape index (κ3) is 4.50. The number of carboxylic acids is 1. The molecule has 0 unspecified atom stereocenters. The Morgan fingerprint density at radius 3 is 2.41 bits per heavy atom. The molecular formula is C24H33N5O3. The zero-order valence-corrected chi connectivity index (χ0v) is 19.3. The fourth-order valence-corrected chi connectivity index (χ4v) is 4.84. The standard InChI is InChI=1S/C24H33N5O3/c1-18-16-19(6-7-21(18)27-11-4-5-12-27)17-26(3)24(2)9-14-28(15-10-24)23(32)29-13-8-20(25-29)22(30)31/h6-8,13,16H,4-5,9-12,14-15,17H2,1-3H3,(H,30,31). The largest absolute Gasteiger partial charge is 0.476 e. The monoisotopic (exact) mass is 439 g/mol. The Bertz CT molecular complexity index is 987. The molecule has 0 spiro atoms. The van der Waals surface area contributed by atoms with Crippen LogP contribution in [0.4, 0.5) is 10.5 Å². The highest BCUT2D eigenvalue weighted by atomic mass is 16.4.